The van der Waals surface area contributed by atoms with Crippen molar-refractivity contribution in [3.05, 3.63) is 11.5 Å². The number of rotatable bonds is 8. The molecule has 3 heteroatoms. The van der Waals surface area contributed by atoms with Crippen molar-refractivity contribution in [3.8, 4) is 0 Å². The van der Waals surface area contributed by atoms with E-state index in [9.17, 15) is 0 Å². The fourth-order valence-corrected chi connectivity index (χ4v) is 3.17. The molecule has 0 radical (unpaired) electrons. The van der Waals surface area contributed by atoms with E-state index >= 15 is 0 Å². The molecule has 0 saturated carbocycles. The molecule has 0 aromatic carbocycles. The van der Waals surface area contributed by atoms with Crippen LogP contribution in [0, 0.1) is 5.92 Å². The fourth-order valence-electron chi connectivity index (χ4n) is 3.17. The second-order valence-electron chi connectivity index (χ2n) is 6.48. The summed E-state index contributed by atoms with van der Waals surface area (Å²) in [5, 5.41) is 0. The van der Waals surface area contributed by atoms with Crippen molar-refractivity contribution >= 4 is 5.82 Å². The molecule has 1 aliphatic rings. The molecule has 0 amide bonds. The molecule has 1 aromatic rings. The van der Waals surface area contributed by atoms with Crippen molar-refractivity contribution in [1.82, 2.24) is 9.55 Å². The third-order valence-electron chi connectivity index (χ3n) is 4.56. The van der Waals surface area contributed by atoms with Crippen LogP contribution in [0.3, 0.4) is 0 Å². The molecule has 0 bridgehead atoms. The average molecular weight is 277 g/mol. The van der Waals surface area contributed by atoms with E-state index in [-0.39, 0.29) is 0 Å². The maximum absolute atomic E-state index is 6.25. The molecule has 2 N–H and O–H groups in total. The van der Waals surface area contributed by atoms with Crippen molar-refractivity contribution in [3.63, 3.8) is 0 Å². The molecule has 3 nitrogen and oxygen atoms in total. The Morgan fingerprint density at radius 2 is 1.85 bits per heavy atom. The van der Waals surface area contributed by atoms with Gasteiger partial charge in [-0.25, -0.2) is 4.98 Å². The summed E-state index contributed by atoms with van der Waals surface area (Å²) < 4.78 is 2.25. The first-order chi connectivity index (χ1) is 9.72. The van der Waals surface area contributed by atoms with Crippen LogP contribution in [-0.2, 0) is 19.4 Å². The Morgan fingerprint density at radius 3 is 2.60 bits per heavy atom. The first-order valence-electron chi connectivity index (χ1n) is 8.56. The predicted molar refractivity (Wildman–Crippen MR) is 85.8 cm³/mol. The van der Waals surface area contributed by atoms with E-state index in [1.54, 1.807) is 0 Å². The molecule has 1 unspecified atom stereocenters. The minimum Gasteiger partial charge on any atom is -0.384 e. The molecule has 0 fully saturated rings. The van der Waals surface area contributed by atoms with Crippen molar-refractivity contribution in [1.29, 1.82) is 0 Å². The third kappa shape index (κ3) is 4.00. The third-order valence-corrected chi connectivity index (χ3v) is 4.56. The zero-order valence-electron chi connectivity index (χ0n) is 13.3. The van der Waals surface area contributed by atoms with Crippen LogP contribution in [0.4, 0.5) is 5.82 Å². The Labute approximate surface area is 124 Å². The highest BCUT2D eigenvalue weighted by atomic mass is 15.1. The quantitative estimate of drug-likeness (QED) is 0.718. The van der Waals surface area contributed by atoms with Gasteiger partial charge in [0.25, 0.3) is 0 Å². The van der Waals surface area contributed by atoms with Crippen LogP contribution in [0.5, 0.6) is 0 Å². The standard InChI is InChI=1S/C17H31N3/c1-3-4-5-6-7-8-9-10-15-17(18)20-12-11-14(2)13-16(20)19-15/h14H,3-13,18H2,1-2H3. The lowest BCUT2D eigenvalue weighted by atomic mass is 10.0. The zero-order chi connectivity index (χ0) is 14.4. The number of unbranched alkanes of at least 4 members (excludes halogenated alkanes) is 6. The van der Waals surface area contributed by atoms with Gasteiger partial charge in [0.05, 0.1) is 5.69 Å². The van der Waals surface area contributed by atoms with Gasteiger partial charge >= 0.3 is 0 Å². The molecule has 20 heavy (non-hydrogen) atoms. The second kappa shape index (κ2) is 7.70. The van der Waals surface area contributed by atoms with Crippen LogP contribution >= 0.6 is 0 Å². The summed E-state index contributed by atoms with van der Waals surface area (Å²) in [5.41, 5.74) is 7.41. The lowest BCUT2D eigenvalue weighted by Gasteiger charge is -2.20. The van der Waals surface area contributed by atoms with Crippen LogP contribution in [-0.4, -0.2) is 9.55 Å². The number of aromatic nitrogens is 2. The highest BCUT2D eigenvalue weighted by molar-refractivity contribution is 5.39. The van der Waals surface area contributed by atoms with E-state index in [1.165, 1.54) is 57.2 Å². The van der Waals surface area contributed by atoms with Gasteiger partial charge in [-0.2, -0.15) is 0 Å². The normalized spacial score (nSPS) is 18.2. The maximum atomic E-state index is 6.25. The van der Waals surface area contributed by atoms with E-state index in [4.69, 9.17) is 10.7 Å². The molecule has 2 rings (SSSR count). The lowest BCUT2D eigenvalue weighted by molar-refractivity contribution is 0.412. The fraction of sp³-hybridized carbons (Fsp3) is 0.824. The van der Waals surface area contributed by atoms with Crippen LogP contribution in [0.25, 0.3) is 0 Å². The van der Waals surface area contributed by atoms with Gasteiger partial charge in [-0.15, -0.1) is 0 Å². The first-order valence-corrected chi connectivity index (χ1v) is 8.56. The van der Waals surface area contributed by atoms with Gasteiger partial charge in [-0.1, -0.05) is 52.4 Å². The van der Waals surface area contributed by atoms with Crippen LogP contribution < -0.4 is 5.73 Å². The van der Waals surface area contributed by atoms with E-state index in [0.717, 1.165) is 36.8 Å². The van der Waals surface area contributed by atoms with Crippen molar-refractivity contribution in [2.75, 3.05) is 5.73 Å². The minimum atomic E-state index is 0.760. The van der Waals surface area contributed by atoms with Gasteiger partial charge in [0.15, 0.2) is 0 Å². The van der Waals surface area contributed by atoms with E-state index in [2.05, 4.69) is 18.4 Å². The summed E-state index contributed by atoms with van der Waals surface area (Å²) >= 11 is 0. The second-order valence-corrected chi connectivity index (χ2v) is 6.48. The van der Waals surface area contributed by atoms with Gasteiger partial charge in [0.1, 0.15) is 11.6 Å². The average Bonchev–Trinajstić information content (AvgIpc) is 2.74. The predicted octanol–water partition coefficient (Wildman–Crippen LogP) is 4.34. The molecular weight excluding hydrogens is 246 g/mol. The molecule has 2 heterocycles. The summed E-state index contributed by atoms with van der Waals surface area (Å²) in [4.78, 5) is 4.79. The topological polar surface area (TPSA) is 43.8 Å². The first kappa shape index (κ1) is 15.4. The van der Waals surface area contributed by atoms with Crippen LogP contribution in [0.1, 0.15) is 76.7 Å². The molecular formula is C17H31N3. The number of nitrogens with zero attached hydrogens (tertiary/aromatic N) is 2. The van der Waals surface area contributed by atoms with Crippen molar-refractivity contribution < 1.29 is 0 Å². The Hall–Kier alpha value is -0.990. The van der Waals surface area contributed by atoms with Crippen molar-refractivity contribution in [2.24, 2.45) is 5.92 Å². The zero-order valence-corrected chi connectivity index (χ0v) is 13.3. The van der Waals surface area contributed by atoms with Gasteiger partial charge in [0.2, 0.25) is 0 Å². The van der Waals surface area contributed by atoms with Crippen LogP contribution in [0.15, 0.2) is 0 Å². The molecule has 0 spiro atoms. The van der Waals surface area contributed by atoms with Crippen molar-refractivity contribution in [2.45, 2.75) is 84.6 Å². The summed E-state index contributed by atoms with van der Waals surface area (Å²) in [6.45, 7) is 5.64. The molecule has 1 aliphatic heterocycles. The van der Waals surface area contributed by atoms with Gasteiger partial charge in [0, 0.05) is 13.0 Å². The molecule has 1 atom stereocenters. The van der Waals surface area contributed by atoms with E-state index < -0.39 is 0 Å². The minimum absolute atomic E-state index is 0.760. The number of hydrogen-bond acceptors (Lipinski definition) is 2. The smallest absolute Gasteiger partial charge is 0.126 e. The summed E-state index contributed by atoms with van der Waals surface area (Å²) in [6.07, 6.45) is 12.8. The van der Waals surface area contributed by atoms with E-state index in [1.807, 2.05) is 0 Å². The number of nitrogen functional groups attached to an aromatic ring is 1. The number of anilines is 1. The maximum Gasteiger partial charge on any atom is 0.126 e. The van der Waals surface area contributed by atoms with Gasteiger partial charge < -0.3 is 10.3 Å². The largest absolute Gasteiger partial charge is 0.384 e. The monoisotopic (exact) mass is 277 g/mol. The number of fused-ring (bicyclic) bond motifs is 1. The van der Waals surface area contributed by atoms with E-state index in [0.29, 0.717) is 0 Å². The number of imidazole rings is 1. The molecule has 0 aliphatic carbocycles. The highest BCUT2D eigenvalue weighted by Crippen LogP contribution is 2.25. The summed E-state index contributed by atoms with van der Waals surface area (Å²) in [7, 11) is 0. The Kier molecular flexibility index (Phi) is 5.93. The number of nitrogens with two attached hydrogens (primary N) is 1. The molecule has 1 aromatic heterocycles. The molecule has 114 valence electrons. The Bertz CT molecular complexity index is 409. The number of hydrogen-bond donors (Lipinski definition) is 1. The highest BCUT2D eigenvalue weighted by Gasteiger charge is 2.20. The molecule has 0 saturated heterocycles. The Balaban J connectivity index is 1.74. The van der Waals surface area contributed by atoms with Crippen LogP contribution in [0.2, 0.25) is 0 Å². The van der Waals surface area contributed by atoms with Gasteiger partial charge in [-0.05, 0) is 25.2 Å². The lowest BCUT2D eigenvalue weighted by Crippen LogP contribution is -2.18. The summed E-state index contributed by atoms with van der Waals surface area (Å²) in [5.74, 6) is 2.92. The SMILES string of the molecule is CCCCCCCCCc1nc2n(c1N)CCC(C)C2. The van der Waals surface area contributed by atoms with Gasteiger partial charge in [-0.3, -0.25) is 0 Å². The number of aryl methyl sites for hydroxylation is 1. The Morgan fingerprint density at radius 1 is 1.15 bits per heavy atom. The summed E-state index contributed by atoms with van der Waals surface area (Å²) in [6, 6.07) is 0.